The fourth-order valence-electron chi connectivity index (χ4n) is 15.5. The van der Waals surface area contributed by atoms with Crippen LogP contribution >= 0.6 is 23.2 Å². The van der Waals surface area contributed by atoms with Crippen molar-refractivity contribution in [1.29, 1.82) is 0 Å². The number of anilines is 2. The summed E-state index contributed by atoms with van der Waals surface area (Å²) in [6.07, 6.45) is 23.1. The van der Waals surface area contributed by atoms with E-state index in [1.54, 1.807) is 6.07 Å². The molecule has 6 aromatic carbocycles. The van der Waals surface area contributed by atoms with Gasteiger partial charge >= 0.3 is 0 Å². The molecule has 0 amide bonds. The fourth-order valence-corrected chi connectivity index (χ4v) is 17.6. The second kappa shape index (κ2) is 26.1. The van der Waals surface area contributed by atoms with Gasteiger partial charge in [0.25, 0.3) is 10.1 Å². The highest BCUT2D eigenvalue weighted by molar-refractivity contribution is 7.86. The summed E-state index contributed by atoms with van der Waals surface area (Å²) in [6.45, 7) is 20.6. The molecule has 0 radical (unpaired) electrons. The molecule has 498 valence electrons. The van der Waals surface area contributed by atoms with Crippen molar-refractivity contribution in [2.24, 2.45) is 0 Å². The number of para-hydroxylation sites is 2. The molecule has 13 nitrogen and oxygen atoms in total. The number of hydrogen-bond acceptors (Lipinski definition) is 10. The molecule has 0 saturated heterocycles. The molecule has 0 unspecified atom stereocenters. The van der Waals surface area contributed by atoms with E-state index in [2.05, 4.69) is 186 Å². The molecule has 6 aliphatic rings. The van der Waals surface area contributed by atoms with Crippen molar-refractivity contribution in [3.63, 3.8) is 0 Å². The largest absolute Gasteiger partial charge is 0.748 e. The number of nitrogens with zero attached hydrogens (tertiary/aromatic N) is 4. The lowest BCUT2D eigenvalue weighted by Gasteiger charge is -2.27. The Morgan fingerprint density at radius 3 is 1.79 bits per heavy atom. The smallest absolute Gasteiger partial charge is 0.264 e. The Bertz CT molecular complexity index is 4880. The van der Waals surface area contributed by atoms with Gasteiger partial charge in [-0.15, -0.1) is 0 Å². The second-order valence-corrected chi connectivity index (χ2v) is 33.2. The van der Waals surface area contributed by atoms with Crippen LogP contribution in [0.2, 0.25) is 0 Å². The molecule has 0 atom stereocenters. The van der Waals surface area contributed by atoms with Gasteiger partial charge in [-0.3, -0.25) is 4.55 Å². The van der Waals surface area contributed by atoms with Crippen LogP contribution in [0.1, 0.15) is 135 Å². The summed E-state index contributed by atoms with van der Waals surface area (Å²) in [6, 6.07) is 35.9. The van der Waals surface area contributed by atoms with Crippen molar-refractivity contribution in [2.75, 3.05) is 48.5 Å². The average molecular weight is 1380 g/mol. The Morgan fingerprint density at radius 1 is 0.568 bits per heavy atom. The number of aryl methyl sites for hydroxylation is 1. The number of allylic oxidation sites excluding steroid dienone is 16. The van der Waals surface area contributed by atoms with E-state index in [1.165, 1.54) is 45.4 Å². The van der Waals surface area contributed by atoms with E-state index < -0.39 is 36.1 Å². The van der Waals surface area contributed by atoms with Gasteiger partial charge < -0.3 is 18.9 Å². The lowest BCUT2D eigenvalue weighted by molar-refractivity contribution is -0.437. The highest BCUT2D eigenvalue weighted by Gasteiger charge is 2.46. The molecule has 2 aliphatic carbocycles. The summed E-state index contributed by atoms with van der Waals surface area (Å²) < 4.78 is 106. The minimum atomic E-state index is -4.53. The molecular formula is C77H84Cl2N4O9S3. The fraction of sp³-hybridized carbons (Fsp3) is 0.351. The second-order valence-electron chi connectivity index (χ2n) is 28.0. The summed E-state index contributed by atoms with van der Waals surface area (Å²) in [7, 11) is -8.68. The highest BCUT2D eigenvalue weighted by Crippen LogP contribution is 2.52. The van der Waals surface area contributed by atoms with Gasteiger partial charge in [0.1, 0.15) is 23.7 Å². The summed E-state index contributed by atoms with van der Waals surface area (Å²) >= 11 is 14.2. The molecule has 4 heterocycles. The van der Waals surface area contributed by atoms with E-state index in [1.807, 2.05) is 48.5 Å². The van der Waals surface area contributed by atoms with Gasteiger partial charge in [-0.2, -0.15) is 17.6 Å². The van der Waals surface area contributed by atoms with Crippen molar-refractivity contribution in [2.45, 2.75) is 140 Å². The molecule has 4 aliphatic heterocycles. The zero-order valence-electron chi connectivity index (χ0n) is 56.0. The number of fused-ring (bicyclic) bond motifs is 8. The van der Waals surface area contributed by atoms with Crippen molar-refractivity contribution >= 4 is 109 Å². The number of benzene rings is 6. The molecule has 12 rings (SSSR count). The number of hydrogen-bond donors (Lipinski definition) is 1. The summed E-state index contributed by atoms with van der Waals surface area (Å²) in [5, 5.41) is 5.79. The quantitative estimate of drug-likeness (QED) is 0.0763. The summed E-state index contributed by atoms with van der Waals surface area (Å²) in [5.74, 6) is -0.718. The first-order valence-electron chi connectivity index (χ1n) is 32.5. The van der Waals surface area contributed by atoms with Crippen molar-refractivity contribution in [1.82, 2.24) is 0 Å². The van der Waals surface area contributed by atoms with Crippen LogP contribution in [0, 0.1) is 6.92 Å². The van der Waals surface area contributed by atoms with Crippen LogP contribution < -0.4 is 9.80 Å². The molecular weight excluding hydrogens is 1290 g/mol. The predicted octanol–water partition coefficient (Wildman–Crippen LogP) is 16.8. The maximum atomic E-state index is 11.7. The third kappa shape index (κ3) is 13.6. The topological polar surface area (TPSA) is 181 Å². The third-order valence-electron chi connectivity index (χ3n) is 20.2. The average Bonchev–Trinajstić information content (AvgIpc) is 1.61. The minimum Gasteiger partial charge on any atom is -0.748 e. The van der Waals surface area contributed by atoms with Gasteiger partial charge in [-0.25, -0.2) is 16.8 Å². The van der Waals surface area contributed by atoms with Crippen LogP contribution in [0.5, 0.6) is 0 Å². The van der Waals surface area contributed by atoms with Gasteiger partial charge in [-0.1, -0.05) is 147 Å². The van der Waals surface area contributed by atoms with Crippen molar-refractivity contribution < 1.29 is 48.1 Å². The lowest BCUT2D eigenvalue weighted by atomic mass is 9.78. The van der Waals surface area contributed by atoms with Gasteiger partial charge in [-0.05, 0) is 177 Å². The SMILES string of the molecule is CC1(C)C(/C=C/C2=C(Cl)C(=C/C=C3/N(CCCS(=O)(=O)O)c4ccccc4C3(C)C)/CCC2)=[N+](CCCS(=O)(=O)[O-])c2ccccc21.Cc1ccc2c3c(ccc2c1)[N+](C)=C(/C=C/C1=C(Cl)C(=C/C=C2/N(C)c4ccc5cc(S(=O)(=O)[O-])ccc5c4C2(C)C)/CCC1)C3(C)C. The first-order valence-corrected chi connectivity index (χ1v) is 37.9. The predicted molar refractivity (Wildman–Crippen MR) is 386 cm³/mol. The Labute approximate surface area is 571 Å². The minimum absolute atomic E-state index is 0.164. The van der Waals surface area contributed by atoms with Crippen molar-refractivity contribution in [3.05, 3.63) is 229 Å². The van der Waals surface area contributed by atoms with E-state index >= 15 is 0 Å². The highest BCUT2D eigenvalue weighted by atomic mass is 35.5. The number of rotatable bonds is 15. The molecule has 0 bridgehead atoms. The Kier molecular flexibility index (Phi) is 19.1. The van der Waals surface area contributed by atoms with Crippen LogP contribution in [-0.4, -0.2) is 98.2 Å². The van der Waals surface area contributed by atoms with E-state index in [4.69, 9.17) is 23.2 Å². The molecule has 0 fully saturated rings. The Hall–Kier alpha value is -6.99. The van der Waals surface area contributed by atoms with Crippen LogP contribution in [-0.2, 0) is 52.0 Å². The zero-order valence-corrected chi connectivity index (χ0v) is 59.9. The van der Waals surface area contributed by atoms with Gasteiger partial charge in [0.15, 0.2) is 11.4 Å². The molecule has 1 N–H and O–H groups in total. The summed E-state index contributed by atoms with van der Waals surface area (Å²) in [5.41, 5.74) is 17.9. The summed E-state index contributed by atoms with van der Waals surface area (Å²) in [4.78, 5) is 4.13. The van der Waals surface area contributed by atoms with Crippen LogP contribution in [0.4, 0.5) is 22.7 Å². The number of likely N-dealkylation sites (N-methyl/N-ethyl adjacent to an activating group) is 1. The molecule has 18 heteroatoms. The maximum absolute atomic E-state index is 11.7. The molecule has 0 spiro atoms. The third-order valence-corrected chi connectivity index (χ3v) is 23.6. The molecule has 6 aromatic rings. The van der Waals surface area contributed by atoms with Crippen LogP contribution in [0.25, 0.3) is 21.5 Å². The molecule has 0 saturated carbocycles. The molecule has 0 aromatic heterocycles. The van der Waals surface area contributed by atoms with Gasteiger partial charge in [0, 0.05) is 105 Å². The standard InChI is InChI=1S/C41H41ClN2O3S.C36H43ClN2O6S2/c1-25-11-17-31-28(23-25)12-19-33-37(31)40(2,3)35(43(33)6)21-14-26-9-8-10-27(39(26)42)15-22-36-41(4,5)38-32-18-16-30(48(45,46)47)24-29(32)13-20-34(38)44(36)7;1-35(2)28-14-5-7-16-30(28)38(22-10-24-46(40,41)42)32(35)20-18-26-12-9-13-27(34(26)37)19-21-33-36(3,4)29-15-6-8-17-31(29)39(33)23-11-25-47(43,44)45/h11-24H,8-10H2,1-7H3;5-8,14-21H,9-13,22-25H2,1-4H3,(H-,40,41,42,43,44,45). The first-order chi connectivity index (χ1) is 44.6. The van der Waals surface area contributed by atoms with E-state index in [-0.39, 0.29) is 45.1 Å². The Morgan fingerprint density at radius 2 is 1.15 bits per heavy atom. The monoisotopic (exact) mass is 1370 g/mol. The molecule has 95 heavy (non-hydrogen) atoms. The van der Waals surface area contributed by atoms with Crippen LogP contribution in [0.3, 0.4) is 0 Å². The van der Waals surface area contributed by atoms with E-state index in [9.17, 15) is 38.9 Å². The van der Waals surface area contributed by atoms with Gasteiger partial charge in [0.05, 0.1) is 31.6 Å². The lowest BCUT2D eigenvalue weighted by Crippen LogP contribution is -2.28. The number of halogens is 2. The normalized spacial score (nSPS) is 20.8. The first kappa shape index (κ1) is 69.4. The zero-order chi connectivity index (χ0) is 68.5. The van der Waals surface area contributed by atoms with Crippen molar-refractivity contribution in [3.8, 4) is 0 Å². The van der Waals surface area contributed by atoms with Gasteiger partial charge in [0.2, 0.25) is 11.4 Å². The maximum Gasteiger partial charge on any atom is 0.264 e. The van der Waals surface area contributed by atoms with E-state index in [0.717, 1.165) is 127 Å². The van der Waals surface area contributed by atoms with E-state index in [0.29, 0.717) is 18.1 Å². The Balaban J connectivity index is 0.000000194. The van der Waals surface area contributed by atoms with Crippen LogP contribution in [0.15, 0.2) is 206 Å².